The minimum atomic E-state index is -4.67. The number of hydrogen-bond donors (Lipinski definition) is 2. The number of halogens is 3. The van der Waals surface area contributed by atoms with Crippen LogP contribution in [0.25, 0.3) is 11.0 Å². The monoisotopic (exact) mass is 442 g/mol. The molecule has 0 radical (unpaired) electrons. The third-order valence-corrected chi connectivity index (χ3v) is 5.65. The number of furan rings is 1. The van der Waals surface area contributed by atoms with Crippen LogP contribution in [0.5, 0.6) is 5.75 Å². The molecular weight excluding hydrogens is 425 g/mol. The second-order valence-electron chi connectivity index (χ2n) is 6.34. The highest BCUT2D eigenvalue weighted by atomic mass is 32.2. The largest absolute Gasteiger partial charge is 0.497 e. The maximum Gasteiger partial charge on any atom is 0.402 e. The van der Waals surface area contributed by atoms with Crippen LogP contribution in [0.1, 0.15) is 16.1 Å². The van der Waals surface area contributed by atoms with Gasteiger partial charge < -0.3 is 14.5 Å². The Labute approximate surface area is 169 Å². The van der Waals surface area contributed by atoms with Crippen molar-refractivity contribution in [3.63, 3.8) is 0 Å². The fourth-order valence-corrected chi connectivity index (χ4v) is 3.72. The summed E-state index contributed by atoms with van der Waals surface area (Å²) in [7, 11) is -2.81. The average molecular weight is 442 g/mol. The SMILES string of the molecule is COc1ccc2oc(C(=O)Nc3ccc(S(=O)(=O)NCC(F)(F)F)cc3)c(C)c2c1. The Hall–Kier alpha value is -3.05. The van der Waals surface area contributed by atoms with E-state index >= 15 is 0 Å². The van der Waals surface area contributed by atoms with Gasteiger partial charge in [0.25, 0.3) is 5.91 Å². The van der Waals surface area contributed by atoms with Crippen LogP contribution in [0.4, 0.5) is 18.9 Å². The fraction of sp³-hybridized carbons (Fsp3) is 0.211. The summed E-state index contributed by atoms with van der Waals surface area (Å²) < 4.78 is 72.7. The number of hydrogen-bond acceptors (Lipinski definition) is 5. The van der Waals surface area contributed by atoms with E-state index < -0.39 is 28.7 Å². The van der Waals surface area contributed by atoms with Gasteiger partial charge in [0.05, 0.1) is 12.0 Å². The van der Waals surface area contributed by atoms with Gasteiger partial charge in [-0.05, 0) is 49.4 Å². The highest BCUT2D eigenvalue weighted by Gasteiger charge is 2.30. The van der Waals surface area contributed by atoms with Gasteiger partial charge in [-0.3, -0.25) is 4.79 Å². The Morgan fingerprint density at radius 3 is 2.40 bits per heavy atom. The van der Waals surface area contributed by atoms with Gasteiger partial charge in [-0.25, -0.2) is 13.1 Å². The van der Waals surface area contributed by atoms with Crippen molar-refractivity contribution >= 4 is 32.6 Å². The molecule has 1 heterocycles. The molecule has 1 amide bonds. The third-order valence-electron chi connectivity index (χ3n) is 4.23. The molecule has 11 heteroatoms. The molecule has 3 aromatic rings. The van der Waals surface area contributed by atoms with Crippen LogP contribution in [0.15, 0.2) is 51.8 Å². The van der Waals surface area contributed by atoms with E-state index in [4.69, 9.17) is 9.15 Å². The van der Waals surface area contributed by atoms with Crippen molar-refractivity contribution in [1.82, 2.24) is 4.72 Å². The van der Waals surface area contributed by atoms with E-state index in [-0.39, 0.29) is 16.3 Å². The lowest BCUT2D eigenvalue weighted by Crippen LogP contribution is -2.33. The fourth-order valence-electron chi connectivity index (χ4n) is 2.71. The molecule has 0 bridgehead atoms. The van der Waals surface area contributed by atoms with Crippen molar-refractivity contribution in [2.45, 2.75) is 18.0 Å². The lowest BCUT2D eigenvalue weighted by molar-refractivity contribution is -0.121. The summed E-state index contributed by atoms with van der Waals surface area (Å²) in [6.07, 6.45) is -4.67. The molecule has 2 aromatic carbocycles. The molecule has 2 N–H and O–H groups in total. The molecule has 0 saturated heterocycles. The number of methoxy groups -OCH3 is 1. The maximum atomic E-state index is 12.6. The number of rotatable bonds is 6. The van der Waals surface area contributed by atoms with E-state index in [2.05, 4.69) is 5.32 Å². The number of carbonyl (C=O) groups is 1. The predicted octanol–water partition coefficient (Wildman–Crippen LogP) is 3.84. The summed E-state index contributed by atoms with van der Waals surface area (Å²) in [6.45, 7) is 0.0338. The van der Waals surface area contributed by atoms with Gasteiger partial charge in [-0.1, -0.05) is 0 Å². The highest BCUT2D eigenvalue weighted by molar-refractivity contribution is 7.89. The zero-order valence-corrected chi connectivity index (χ0v) is 16.6. The van der Waals surface area contributed by atoms with Crippen molar-refractivity contribution in [3.8, 4) is 5.75 Å². The number of fused-ring (bicyclic) bond motifs is 1. The van der Waals surface area contributed by atoms with Crippen molar-refractivity contribution in [2.75, 3.05) is 19.0 Å². The molecule has 160 valence electrons. The smallest absolute Gasteiger partial charge is 0.402 e. The molecule has 3 rings (SSSR count). The summed E-state index contributed by atoms with van der Waals surface area (Å²) in [5.74, 6) is 0.115. The normalized spacial score (nSPS) is 12.2. The number of ether oxygens (including phenoxy) is 1. The lowest BCUT2D eigenvalue weighted by atomic mass is 10.1. The first kappa shape index (κ1) is 21.7. The molecule has 0 aliphatic rings. The van der Waals surface area contributed by atoms with Crippen LogP contribution in [0, 0.1) is 6.92 Å². The molecule has 0 saturated carbocycles. The quantitative estimate of drug-likeness (QED) is 0.605. The molecule has 0 atom stereocenters. The number of alkyl halides is 3. The minimum absolute atomic E-state index is 0.0711. The average Bonchev–Trinajstić information content (AvgIpc) is 3.02. The second-order valence-corrected chi connectivity index (χ2v) is 8.10. The number of aryl methyl sites for hydroxylation is 1. The zero-order chi connectivity index (χ0) is 22.1. The zero-order valence-electron chi connectivity index (χ0n) is 15.8. The van der Waals surface area contributed by atoms with E-state index in [1.54, 1.807) is 25.1 Å². The Kier molecular flexibility index (Phi) is 5.77. The van der Waals surface area contributed by atoms with Crippen LogP contribution < -0.4 is 14.8 Å². The van der Waals surface area contributed by atoms with Crippen molar-refractivity contribution < 1.29 is 35.5 Å². The van der Waals surface area contributed by atoms with Gasteiger partial charge in [-0.15, -0.1) is 0 Å². The van der Waals surface area contributed by atoms with E-state index in [1.807, 2.05) is 0 Å². The topological polar surface area (TPSA) is 97.6 Å². The van der Waals surface area contributed by atoms with Gasteiger partial charge >= 0.3 is 6.18 Å². The summed E-state index contributed by atoms with van der Waals surface area (Å²) in [4.78, 5) is 12.2. The van der Waals surface area contributed by atoms with Gasteiger partial charge in [0.2, 0.25) is 10.0 Å². The number of carbonyl (C=O) groups excluding carboxylic acids is 1. The molecule has 0 aliphatic carbocycles. The third kappa shape index (κ3) is 4.74. The lowest BCUT2D eigenvalue weighted by Gasteiger charge is -2.10. The molecule has 1 aromatic heterocycles. The Morgan fingerprint density at radius 1 is 1.13 bits per heavy atom. The van der Waals surface area contributed by atoms with E-state index in [0.29, 0.717) is 22.3 Å². The van der Waals surface area contributed by atoms with Crippen molar-refractivity contribution in [3.05, 3.63) is 53.8 Å². The maximum absolute atomic E-state index is 12.6. The van der Waals surface area contributed by atoms with Crippen molar-refractivity contribution in [2.24, 2.45) is 0 Å². The molecule has 7 nitrogen and oxygen atoms in total. The van der Waals surface area contributed by atoms with E-state index in [1.165, 1.54) is 24.0 Å². The van der Waals surface area contributed by atoms with Crippen molar-refractivity contribution in [1.29, 1.82) is 0 Å². The molecular formula is C19H17F3N2O5S. The Balaban J connectivity index is 1.76. The summed E-state index contributed by atoms with van der Waals surface area (Å²) >= 11 is 0. The predicted molar refractivity (Wildman–Crippen MR) is 103 cm³/mol. The Bertz CT molecular complexity index is 1190. The van der Waals surface area contributed by atoms with E-state index in [0.717, 1.165) is 12.1 Å². The summed E-state index contributed by atoms with van der Waals surface area (Å²) in [6, 6.07) is 9.81. The first-order chi connectivity index (χ1) is 14.0. The van der Waals surface area contributed by atoms with Gasteiger partial charge in [0.15, 0.2) is 5.76 Å². The summed E-state index contributed by atoms with van der Waals surface area (Å²) in [5.41, 5.74) is 1.33. The van der Waals surface area contributed by atoms with Crippen LogP contribution in [0.2, 0.25) is 0 Å². The standard InChI is InChI=1S/C19H17F3N2O5S/c1-11-15-9-13(28-2)5-8-16(15)29-17(11)18(25)24-12-3-6-14(7-4-12)30(26,27)23-10-19(20,21)22/h3-9,23H,10H2,1-2H3,(H,24,25). The second kappa shape index (κ2) is 8.00. The van der Waals surface area contributed by atoms with Crippen LogP contribution in [0.3, 0.4) is 0 Å². The van der Waals surface area contributed by atoms with Gasteiger partial charge in [-0.2, -0.15) is 13.2 Å². The molecule has 0 fully saturated rings. The molecule has 30 heavy (non-hydrogen) atoms. The van der Waals surface area contributed by atoms with Crippen LogP contribution >= 0.6 is 0 Å². The van der Waals surface area contributed by atoms with Crippen LogP contribution in [-0.4, -0.2) is 34.2 Å². The minimum Gasteiger partial charge on any atom is -0.497 e. The molecule has 0 aliphatic heterocycles. The molecule has 0 spiro atoms. The number of benzene rings is 2. The number of anilines is 1. The first-order valence-corrected chi connectivity index (χ1v) is 10.0. The van der Waals surface area contributed by atoms with Gasteiger partial charge in [0.1, 0.15) is 17.9 Å². The van der Waals surface area contributed by atoms with Crippen LogP contribution in [-0.2, 0) is 10.0 Å². The Morgan fingerprint density at radius 2 is 1.80 bits per heavy atom. The number of nitrogens with one attached hydrogen (secondary N) is 2. The van der Waals surface area contributed by atoms with Gasteiger partial charge in [0, 0.05) is 16.6 Å². The van der Waals surface area contributed by atoms with E-state index in [9.17, 15) is 26.4 Å². The first-order valence-electron chi connectivity index (χ1n) is 8.55. The highest BCUT2D eigenvalue weighted by Crippen LogP contribution is 2.29. The number of sulfonamides is 1. The summed E-state index contributed by atoms with van der Waals surface area (Å²) in [5, 5.41) is 3.27. The molecule has 0 unspecified atom stereocenters. The number of amides is 1.